The van der Waals surface area contributed by atoms with Gasteiger partial charge in [0, 0.05) is 19.5 Å². The van der Waals surface area contributed by atoms with Crippen molar-refractivity contribution < 1.29 is 9.59 Å². The Labute approximate surface area is 146 Å². The second-order valence-electron chi connectivity index (χ2n) is 6.82. The first-order chi connectivity index (χ1) is 11.4. The van der Waals surface area contributed by atoms with Crippen LogP contribution in [0.3, 0.4) is 0 Å². The standard InChI is InChI=1S/C20H32N2O2/c1-6-9-19(23)22(14-17-11-8-10-16(5)12-17)18(7-2)20(24)21-13-15(3)4/h8,10-12,15,18H,6-7,9,13-14H2,1-5H3,(H,21,24). The largest absolute Gasteiger partial charge is 0.354 e. The average molecular weight is 332 g/mol. The Morgan fingerprint density at radius 3 is 2.46 bits per heavy atom. The van der Waals surface area contributed by atoms with Crippen molar-refractivity contribution in [1.82, 2.24) is 10.2 Å². The van der Waals surface area contributed by atoms with Gasteiger partial charge < -0.3 is 10.2 Å². The summed E-state index contributed by atoms with van der Waals surface area (Å²) >= 11 is 0. The minimum atomic E-state index is -0.414. The van der Waals surface area contributed by atoms with Crippen LogP contribution in [0.15, 0.2) is 24.3 Å². The molecule has 0 aliphatic rings. The number of nitrogens with zero attached hydrogens (tertiary/aromatic N) is 1. The number of hydrogen-bond acceptors (Lipinski definition) is 2. The van der Waals surface area contributed by atoms with Crippen LogP contribution in [0.2, 0.25) is 0 Å². The van der Waals surface area contributed by atoms with Gasteiger partial charge in [-0.3, -0.25) is 9.59 Å². The molecule has 1 aromatic carbocycles. The van der Waals surface area contributed by atoms with Crippen molar-refractivity contribution in [3.05, 3.63) is 35.4 Å². The van der Waals surface area contributed by atoms with Crippen molar-refractivity contribution in [2.75, 3.05) is 6.54 Å². The third-order valence-electron chi connectivity index (χ3n) is 3.97. The Morgan fingerprint density at radius 1 is 1.21 bits per heavy atom. The SMILES string of the molecule is CCCC(=O)N(Cc1cccc(C)c1)C(CC)C(=O)NCC(C)C. The van der Waals surface area contributed by atoms with Crippen LogP contribution in [0.25, 0.3) is 0 Å². The van der Waals surface area contributed by atoms with Crippen molar-refractivity contribution in [3.63, 3.8) is 0 Å². The number of benzene rings is 1. The van der Waals surface area contributed by atoms with Gasteiger partial charge in [0.05, 0.1) is 0 Å². The predicted octanol–water partition coefficient (Wildman–Crippen LogP) is 3.67. The summed E-state index contributed by atoms with van der Waals surface area (Å²) in [7, 11) is 0. The molecule has 1 rings (SSSR count). The highest BCUT2D eigenvalue weighted by Gasteiger charge is 2.28. The molecule has 0 saturated heterocycles. The lowest BCUT2D eigenvalue weighted by atomic mass is 10.1. The molecule has 4 nitrogen and oxygen atoms in total. The molecule has 4 heteroatoms. The molecule has 2 amide bonds. The van der Waals surface area contributed by atoms with Gasteiger partial charge in [0.25, 0.3) is 0 Å². The molecule has 0 bridgehead atoms. The van der Waals surface area contributed by atoms with E-state index in [1.165, 1.54) is 0 Å². The topological polar surface area (TPSA) is 49.4 Å². The monoisotopic (exact) mass is 332 g/mol. The zero-order valence-electron chi connectivity index (χ0n) is 15.8. The summed E-state index contributed by atoms with van der Waals surface area (Å²) in [6.07, 6.45) is 1.87. The fraction of sp³-hybridized carbons (Fsp3) is 0.600. The van der Waals surface area contributed by atoms with Crippen molar-refractivity contribution in [2.45, 2.75) is 66.5 Å². The Morgan fingerprint density at radius 2 is 1.92 bits per heavy atom. The fourth-order valence-electron chi connectivity index (χ4n) is 2.71. The van der Waals surface area contributed by atoms with Crippen LogP contribution >= 0.6 is 0 Å². The minimum absolute atomic E-state index is 0.0468. The lowest BCUT2D eigenvalue weighted by Gasteiger charge is -2.31. The van der Waals surface area contributed by atoms with Crippen LogP contribution in [0.1, 0.15) is 58.1 Å². The first-order valence-corrected chi connectivity index (χ1v) is 9.01. The quantitative estimate of drug-likeness (QED) is 0.750. The van der Waals surface area contributed by atoms with Gasteiger partial charge in [-0.05, 0) is 31.2 Å². The van der Waals surface area contributed by atoms with Gasteiger partial charge in [-0.1, -0.05) is 57.5 Å². The number of hydrogen-bond donors (Lipinski definition) is 1. The van der Waals surface area contributed by atoms with E-state index < -0.39 is 6.04 Å². The van der Waals surface area contributed by atoms with Gasteiger partial charge in [-0.25, -0.2) is 0 Å². The summed E-state index contributed by atoms with van der Waals surface area (Å²) in [6.45, 7) is 11.2. The van der Waals surface area contributed by atoms with Gasteiger partial charge >= 0.3 is 0 Å². The summed E-state index contributed by atoms with van der Waals surface area (Å²) in [5, 5.41) is 2.97. The summed E-state index contributed by atoms with van der Waals surface area (Å²) < 4.78 is 0. The van der Waals surface area contributed by atoms with E-state index in [2.05, 4.69) is 25.2 Å². The summed E-state index contributed by atoms with van der Waals surface area (Å²) in [6, 6.07) is 7.70. The van der Waals surface area contributed by atoms with Crippen LogP contribution in [0.4, 0.5) is 0 Å². The Hall–Kier alpha value is -1.84. The summed E-state index contributed by atoms with van der Waals surface area (Å²) in [4.78, 5) is 26.9. The van der Waals surface area contributed by atoms with Crippen LogP contribution in [-0.2, 0) is 16.1 Å². The first-order valence-electron chi connectivity index (χ1n) is 9.01. The number of carbonyl (C=O) groups is 2. The van der Waals surface area contributed by atoms with Crippen LogP contribution in [-0.4, -0.2) is 29.3 Å². The number of rotatable bonds is 9. The Kier molecular flexibility index (Phi) is 8.51. The van der Waals surface area contributed by atoms with Crippen LogP contribution in [0, 0.1) is 12.8 Å². The van der Waals surface area contributed by atoms with E-state index in [-0.39, 0.29) is 11.8 Å². The zero-order valence-corrected chi connectivity index (χ0v) is 15.8. The van der Waals surface area contributed by atoms with E-state index in [4.69, 9.17) is 0 Å². The maximum absolute atomic E-state index is 12.6. The van der Waals surface area contributed by atoms with Gasteiger partial charge in [0.15, 0.2) is 0 Å². The molecule has 0 aliphatic heterocycles. The van der Waals surface area contributed by atoms with Crippen molar-refractivity contribution in [1.29, 1.82) is 0 Å². The van der Waals surface area contributed by atoms with Crippen molar-refractivity contribution >= 4 is 11.8 Å². The number of carbonyl (C=O) groups excluding carboxylic acids is 2. The molecule has 0 fully saturated rings. The lowest BCUT2D eigenvalue weighted by Crippen LogP contribution is -2.49. The molecule has 1 atom stereocenters. The minimum Gasteiger partial charge on any atom is -0.354 e. The normalized spacial score (nSPS) is 12.1. The van der Waals surface area contributed by atoms with Gasteiger partial charge in [0.1, 0.15) is 6.04 Å². The molecule has 0 heterocycles. The van der Waals surface area contributed by atoms with Gasteiger partial charge in [-0.2, -0.15) is 0 Å². The van der Waals surface area contributed by atoms with Crippen molar-refractivity contribution in [2.24, 2.45) is 5.92 Å². The molecule has 1 unspecified atom stereocenters. The summed E-state index contributed by atoms with van der Waals surface area (Å²) in [5.74, 6) is 0.386. The maximum atomic E-state index is 12.6. The van der Waals surface area contributed by atoms with E-state index in [0.717, 1.165) is 17.5 Å². The predicted molar refractivity (Wildman–Crippen MR) is 98.6 cm³/mol. The van der Waals surface area contributed by atoms with E-state index in [1.54, 1.807) is 4.90 Å². The smallest absolute Gasteiger partial charge is 0.242 e. The summed E-state index contributed by atoms with van der Waals surface area (Å²) in [5.41, 5.74) is 2.22. The molecular formula is C20H32N2O2. The second-order valence-corrected chi connectivity index (χ2v) is 6.82. The average Bonchev–Trinajstić information content (AvgIpc) is 2.53. The van der Waals surface area contributed by atoms with E-state index in [1.807, 2.05) is 39.0 Å². The van der Waals surface area contributed by atoms with Crippen LogP contribution in [0.5, 0.6) is 0 Å². The number of amides is 2. The van der Waals surface area contributed by atoms with E-state index >= 15 is 0 Å². The highest BCUT2D eigenvalue weighted by Crippen LogP contribution is 2.15. The Balaban J connectivity index is 2.97. The lowest BCUT2D eigenvalue weighted by molar-refractivity contribution is -0.141. The molecular weight excluding hydrogens is 300 g/mol. The highest BCUT2D eigenvalue weighted by molar-refractivity contribution is 5.87. The molecule has 24 heavy (non-hydrogen) atoms. The molecule has 0 radical (unpaired) electrons. The van der Waals surface area contributed by atoms with Crippen LogP contribution < -0.4 is 5.32 Å². The number of aryl methyl sites for hydroxylation is 1. The highest BCUT2D eigenvalue weighted by atomic mass is 16.2. The second kappa shape index (κ2) is 10.1. The molecule has 0 spiro atoms. The molecule has 0 saturated carbocycles. The third-order valence-corrected chi connectivity index (χ3v) is 3.97. The van der Waals surface area contributed by atoms with E-state index in [9.17, 15) is 9.59 Å². The third kappa shape index (κ3) is 6.34. The Bertz CT molecular complexity index is 540. The molecule has 0 aliphatic carbocycles. The number of nitrogens with one attached hydrogen (secondary N) is 1. The maximum Gasteiger partial charge on any atom is 0.242 e. The van der Waals surface area contributed by atoms with Gasteiger partial charge in [0.2, 0.25) is 11.8 Å². The van der Waals surface area contributed by atoms with Gasteiger partial charge in [-0.15, -0.1) is 0 Å². The first kappa shape index (κ1) is 20.2. The molecule has 1 aromatic rings. The molecule has 134 valence electrons. The zero-order chi connectivity index (χ0) is 18.1. The molecule has 0 aromatic heterocycles. The molecule has 1 N–H and O–H groups in total. The van der Waals surface area contributed by atoms with Crippen molar-refractivity contribution in [3.8, 4) is 0 Å². The van der Waals surface area contributed by atoms with E-state index in [0.29, 0.717) is 31.8 Å². The fourth-order valence-corrected chi connectivity index (χ4v) is 2.71.